The smallest absolute Gasteiger partial charge is 0.246 e. The Morgan fingerprint density at radius 2 is 2.31 bits per heavy atom. The van der Waals surface area contributed by atoms with E-state index in [4.69, 9.17) is 10.5 Å². The van der Waals surface area contributed by atoms with Crippen molar-refractivity contribution in [3.8, 4) is 0 Å². The number of hydrogen-bond donors (Lipinski definition) is 2. The Balaban J connectivity index is 2.01. The molecule has 0 radical (unpaired) electrons. The van der Waals surface area contributed by atoms with Crippen LogP contribution in [0.15, 0.2) is 6.20 Å². The van der Waals surface area contributed by atoms with Gasteiger partial charge in [0.2, 0.25) is 5.91 Å². The number of aryl methyl sites for hydroxylation is 1. The SMILES string of the molecule is Cc1cnc(NC(=O)C2(N)CCOCC2)s1. The molecule has 1 aromatic heterocycles. The first kappa shape index (κ1) is 11.5. The summed E-state index contributed by atoms with van der Waals surface area (Å²) in [7, 11) is 0. The molecule has 1 fully saturated rings. The Bertz CT molecular complexity index is 385. The second kappa shape index (κ2) is 4.48. The summed E-state index contributed by atoms with van der Waals surface area (Å²) in [6.45, 7) is 3.03. The second-order valence-corrected chi connectivity index (χ2v) is 5.23. The topological polar surface area (TPSA) is 77.2 Å². The van der Waals surface area contributed by atoms with Crippen LogP contribution in [-0.2, 0) is 9.53 Å². The number of rotatable bonds is 2. The lowest BCUT2D eigenvalue weighted by Crippen LogP contribution is -2.54. The van der Waals surface area contributed by atoms with Gasteiger partial charge in [-0.25, -0.2) is 4.98 Å². The Hall–Kier alpha value is -0.980. The number of ether oxygens (including phenoxy) is 1. The number of thiazole rings is 1. The molecular formula is C10H15N3O2S. The molecule has 2 rings (SSSR count). The highest BCUT2D eigenvalue weighted by Gasteiger charge is 2.36. The number of carbonyl (C=O) groups excluding carboxylic acids is 1. The summed E-state index contributed by atoms with van der Waals surface area (Å²) in [6, 6.07) is 0. The molecular weight excluding hydrogens is 226 g/mol. The minimum absolute atomic E-state index is 0.162. The monoisotopic (exact) mass is 241 g/mol. The van der Waals surface area contributed by atoms with Crippen LogP contribution < -0.4 is 11.1 Å². The van der Waals surface area contributed by atoms with Crippen molar-refractivity contribution in [2.75, 3.05) is 18.5 Å². The number of nitrogens with one attached hydrogen (secondary N) is 1. The van der Waals surface area contributed by atoms with E-state index in [2.05, 4.69) is 10.3 Å². The van der Waals surface area contributed by atoms with Crippen LogP contribution in [0.2, 0.25) is 0 Å². The van der Waals surface area contributed by atoms with E-state index >= 15 is 0 Å². The highest BCUT2D eigenvalue weighted by Crippen LogP contribution is 2.22. The number of nitrogens with two attached hydrogens (primary N) is 1. The van der Waals surface area contributed by atoms with Crippen LogP contribution in [0.3, 0.4) is 0 Å². The van der Waals surface area contributed by atoms with Crippen molar-refractivity contribution < 1.29 is 9.53 Å². The molecule has 1 aliphatic rings. The van der Waals surface area contributed by atoms with Gasteiger partial charge in [0.1, 0.15) is 5.54 Å². The average Bonchev–Trinajstić information content (AvgIpc) is 2.65. The third kappa shape index (κ3) is 2.40. The first-order chi connectivity index (χ1) is 7.60. The Morgan fingerprint density at radius 1 is 1.62 bits per heavy atom. The molecule has 5 nitrogen and oxygen atoms in total. The Labute approximate surface area is 98.0 Å². The van der Waals surface area contributed by atoms with E-state index in [0.717, 1.165) is 4.88 Å². The number of nitrogens with zero attached hydrogens (tertiary/aromatic N) is 1. The summed E-state index contributed by atoms with van der Waals surface area (Å²) in [5.74, 6) is -0.162. The molecule has 16 heavy (non-hydrogen) atoms. The first-order valence-corrected chi connectivity index (χ1v) is 6.02. The van der Waals surface area contributed by atoms with Crippen molar-refractivity contribution in [2.45, 2.75) is 25.3 Å². The highest BCUT2D eigenvalue weighted by atomic mass is 32.1. The summed E-state index contributed by atoms with van der Waals surface area (Å²) in [6.07, 6.45) is 2.85. The van der Waals surface area contributed by atoms with Crippen molar-refractivity contribution in [2.24, 2.45) is 5.73 Å². The molecule has 1 aliphatic heterocycles. The second-order valence-electron chi connectivity index (χ2n) is 4.00. The number of carbonyl (C=O) groups is 1. The number of aromatic nitrogens is 1. The quantitative estimate of drug-likeness (QED) is 0.806. The zero-order valence-corrected chi connectivity index (χ0v) is 9.97. The van der Waals surface area contributed by atoms with E-state index in [1.807, 2.05) is 6.92 Å². The molecule has 0 aliphatic carbocycles. The maximum atomic E-state index is 12.0. The van der Waals surface area contributed by atoms with Gasteiger partial charge >= 0.3 is 0 Å². The predicted octanol–water partition coefficient (Wildman–Crippen LogP) is 0.898. The summed E-state index contributed by atoms with van der Waals surface area (Å²) in [5.41, 5.74) is 5.23. The van der Waals surface area contributed by atoms with Gasteiger partial charge in [-0.1, -0.05) is 0 Å². The van der Waals surface area contributed by atoms with Gasteiger partial charge in [0.05, 0.1) is 0 Å². The Morgan fingerprint density at radius 3 is 2.88 bits per heavy atom. The lowest BCUT2D eigenvalue weighted by molar-refractivity contribution is -0.124. The summed E-state index contributed by atoms with van der Waals surface area (Å²) >= 11 is 1.45. The summed E-state index contributed by atoms with van der Waals surface area (Å²) < 4.78 is 5.20. The van der Waals surface area contributed by atoms with Gasteiger partial charge < -0.3 is 15.8 Å². The van der Waals surface area contributed by atoms with Gasteiger partial charge in [-0.15, -0.1) is 11.3 Å². The summed E-state index contributed by atoms with van der Waals surface area (Å²) in [5, 5.41) is 3.37. The highest BCUT2D eigenvalue weighted by molar-refractivity contribution is 7.15. The van der Waals surface area contributed by atoms with Gasteiger partial charge in [0.15, 0.2) is 5.13 Å². The molecule has 1 amide bonds. The molecule has 0 bridgehead atoms. The van der Waals surface area contributed by atoms with E-state index in [9.17, 15) is 4.79 Å². The zero-order chi connectivity index (χ0) is 11.6. The molecule has 0 atom stereocenters. The molecule has 0 saturated carbocycles. The maximum Gasteiger partial charge on any atom is 0.246 e. The lowest BCUT2D eigenvalue weighted by Gasteiger charge is -2.31. The third-order valence-corrected chi connectivity index (χ3v) is 3.51. The fraction of sp³-hybridized carbons (Fsp3) is 0.600. The van der Waals surface area contributed by atoms with Crippen LogP contribution in [0.1, 0.15) is 17.7 Å². The fourth-order valence-electron chi connectivity index (χ4n) is 1.60. The number of hydrogen-bond acceptors (Lipinski definition) is 5. The average molecular weight is 241 g/mol. The minimum atomic E-state index is -0.808. The van der Waals surface area contributed by atoms with Crippen molar-refractivity contribution in [1.82, 2.24) is 4.98 Å². The van der Waals surface area contributed by atoms with E-state index in [1.165, 1.54) is 11.3 Å². The van der Waals surface area contributed by atoms with Crippen LogP contribution in [0.25, 0.3) is 0 Å². The van der Waals surface area contributed by atoms with Crippen LogP contribution in [0, 0.1) is 6.92 Å². The normalized spacial score (nSPS) is 19.4. The van der Waals surface area contributed by atoms with Crippen LogP contribution in [-0.4, -0.2) is 29.6 Å². The first-order valence-electron chi connectivity index (χ1n) is 5.21. The molecule has 0 aromatic carbocycles. The van der Waals surface area contributed by atoms with Gasteiger partial charge in [-0.2, -0.15) is 0 Å². The van der Waals surface area contributed by atoms with Crippen molar-refractivity contribution in [3.63, 3.8) is 0 Å². The van der Waals surface area contributed by atoms with Gasteiger partial charge in [0.25, 0.3) is 0 Å². The third-order valence-electron chi connectivity index (χ3n) is 2.68. The molecule has 1 aromatic rings. The van der Waals surface area contributed by atoms with Gasteiger partial charge in [0, 0.05) is 24.3 Å². The molecule has 2 heterocycles. The molecule has 1 saturated heterocycles. The van der Waals surface area contributed by atoms with E-state index < -0.39 is 5.54 Å². The number of anilines is 1. The molecule has 0 spiro atoms. The standard InChI is InChI=1S/C10H15N3O2S/c1-7-6-12-9(16-7)13-8(14)10(11)2-4-15-5-3-10/h6H,2-5,11H2,1H3,(H,12,13,14). The molecule has 6 heteroatoms. The Kier molecular flexibility index (Phi) is 3.22. The molecule has 3 N–H and O–H groups in total. The minimum Gasteiger partial charge on any atom is -0.381 e. The van der Waals surface area contributed by atoms with Crippen molar-refractivity contribution in [1.29, 1.82) is 0 Å². The zero-order valence-electron chi connectivity index (χ0n) is 9.16. The fourth-order valence-corrected chi connectivity index (χ4v) is 2.26. The number of amides is 1. The van der Waals surface area contributed by atoms with Gasteiger partial charge in [-0.05, 0) is 19.8 Å². The van der Waals surface area contributed by atoms with Crippen LogP contribution >= 0.6 is 11.3 Å². The van der Waals surface area contributed by atoms with Crippen LogP contribution in [0.4, 0.5) is 5.13 Å². The van der Waals surface area contributed by atoms with Crippen LogP contribution in [0.5, 0.6) is 0 Å². The summed E-state index contributed by atoms with van der Waals surface area (Å²) in [4.78, 5) is 17.1. The van der Waals surface area contributed by atoms with E-state index in [1.54, 1.807) is 6.20 Å². The predicted molar refractivity (Wildman–Crippen MR) is 62.5 cm³/mol. The van der Waals surface area contributed by atoms with Crippen molar-refractivity contribution in [3.05, 3.63) is 11.1 Å². The van der Waals surface area contributed by atoms with Crippen molar-refractivity contribution >= 4 is 22.4 Å². The largest absolute Gasteiger partial charge is 0.381 e. The maximum absolute atomic E-state index is 12.0. The molecule has 88 valence electrons. The van der Waals surface area contributed by atoms with Gasteiger partial charge in [-0.3, -0.25) is 4.79 Å². The lowest BCUT2D eigenvalue weighted by atomic mass is 9.90. The molecule has 0 unspecified atom stereocenters. The van der Waals surface area contributed by atoms with E-state index in [0.29, 0.717) is 31.2 Å². The van der Waals surface area contributed by atoms with E-state index in [-0.39, 0.29) is 5.91 Å².